The van der Waals surface area contributed by atoms with E-state index in [1.54, 1.807) is 23.0 Å². The van der Waals surface area contributed by atoms with Crippen LogP contribution in [0.15, 0.2) is 54.9 Å². The summed E-state index contributed by atoms with van der Waals surface area (Å²) < 4.78 is 1.69. The summed E-state index contributed by atoms with van der Waals surface area (Å²) >= 11 is 11.8. The van der Waals surface area contributed by atoms with Crippen LogP contribution in [-0.2, 0) is 6.54 Å². The van der Waals surface area contributed by atoms with E-state index in [-0.39, 0.29) is 11.6 Å². The van der Waals surface area contributed by atoms with Crippen LogP contribution in [0, 0.1) is 0 Å². The van der Waals surface area contributed by atoms with Gasteiger partial charge in [0.1, 0.15) is 11.5 Å². The average molecular weight is 347 g/mol. The van der Waals surface area contributed by atoms with Crippen molar-refractivity contribution >= 4 is 34.9 Å². The van der Waals surface area contributed by atoms with Gasteiger partial charge in [0.25, 0.3) is 5.91 Å². The van der Waals surface area contributed by atoms with Crippen LogP contribution in [-0.4, -0.2) is 20.7 Å². The standard InChI is InChI=1S/C16H12Cl2N4O/c17-12-3-1-11(2-4-12)10-22-15(6-8-20-22)21-16(23)14-9-13(18)5-7-19-14/h1-9H,10H2,(H,21,23). The van der Waals surface area contributed by atoms with Gasteiger partial charge in [-0.15, -0.1) is 0 Å². The molecule has 0 radical (unpaired) electrons. The highest BCUT2D eigenvalue weighted by Gasteiger charge is 2.11. The molecule has 0 unspecified atom stereocenters. The summed E-state index contributed by atoms with van der Waals surface area (Å²) in [7, 11) is 0. The molecule has 1 amide bonds. The van der Waals surface area contributed by atoms with Crippen molar-refractivity contribution in [3.63, 3.8) is 0 Å². The van der Waals surface area contributed by atoms with Crippen molar-refractivity contribution in [2.75, 3.05) is 5.32 Å². The third-order valence-electron chi connectivity index (χ3n) is 3.16. The summed E-state index contributed by atoms with van der Waals surface area (Å²) in [4.78, 5) is 16.2. The van der Waals surface area contributed by atoms with Gasteiger partial charge in [0.15, 0.2) is 0 Å². The second-order valence-corrected chi connectivity index (χ2v) is 5.69. The Bertz CT molecular complexity index is 830. The minimum atomic E-state index is -0.342. The molecule has 0 atom stereocenters. The molecule has 116 valence electrons. The van der Waals surface area contributed by atoms with Gasteiger partial charge < -0.3 is 5.32 Å². The van der Waals surface area contributed by atoms with Gasteiger partial charge in [-0.3, -0.25) is 9.78 Å². The first kappa shape index (κ1) is 15.5. The van der Waals surface area contributed by atoms with Crippen molar-refractivity contribution in [3.8, 4) is 0 Å². The van der Waals surface area contributed by atoms with Gasteiger partial charge in [0.2, 0.25) is 0 Å². The van der Waals surface area contributed by atoms with Crippen molar-refractivity contribution in [2.24, 2.45) is 0 Å². The molecule has 2 aromatic heterocycles. The molecule has 5 nitrogen and oxygen atoms in total. The number of amides is 1. The Morgan fingerprint density at radius 1 is 1.04 bits per heavy atom. The van der Waals surface area contributed by atoms with E-state index in [1.807, 2.05) is 24.3 Å². The Morgan fingerprint density at radius 3 is 2.57 bits per heavy atom. The second kappa shape index (κ2) is 6.81. The number of nitrogens with one attached hydrogen (secondary N) is 1. The number of pyridine rings is 1. The maximum absolute atomic E-state index is 12.2. The smallest absolute Gasteiger partial charge is 0.275 e. The number of carbonyl (C=O) groups is 1. The molecule has 0 saturated carbocycles. The van der Waals surface area contributed by atoms with Crippen molar-refractivity contribution in [1.82, 2.24) is 14.8 Å². The molecule has 0 saturated heterocycles. The average Bonchev–Trinajstić information content (AvgIpc) is 2.96. The van der Waals surface area contributed by atoms with E-state index < -0.39 is 0 Å². The molecule has 7 heteroatoms. The predicted molar refractivity (Wildman–Crippen MR) is 90.0 cm³/mol. The molecule has 1 aromatic carbocycles. The summed E-state index contributed by atoms with van der Waals surface area (Å²) in [5.74, 6) is 0.233. The highest BCUT2D eigenvalue weighted by Crippen LogP contribution is 2.15. The van der Waals surface area contributed by atoms with Gasteiger partial charge >= 0.3 is 0 Å². The Kier molecular flexibility index (Phi) is 4.60. The normalized spacial score (nSPS) is 10.5. The fraction of sp³-hybridized carbons (Fsp3) is 0.0625. The summed E-state index contributed by atoms with van der Waals surface area (Å²) in [5, 5.41) is 8.13. The number of nitrogens with zero attached hydrogens (tertiary/aromatic N) is 3. The summed E-state index contributed by atoms with van der Waals surface area (Å²) in [6.07, 6.45) is 3.11. The van der Waals surface area contributed by atoms with Crippen LogP contribution in [0.2, 0.25) is 10.0 Å². The van der Waals surface area contributed by atoms with Crippen molar-refractivity contribution < 1.29 is 4.79 Å². The number of hydrogen-bond donors (Lipinski definition) is 1. The molecule has 0 aliphatic heterocycles. The highest BCUT2D eigenvalue weighted by molar-refractivity contribution is 6.31. The van der Waals surface area contributed by atoms with E-state index in [0.717, 1.165) is 5.56 Å². The highest BCUT2D eigenvalue weighted by atomic mass is 35.5. The summed E-state index contributed by atoms with van der Waals surface area (Å²) in [6, 6.07) is 12.3. The molecule has 3 aromatic rings. The number of anilines is 1. The number of aromatic nitrogens is 3. The van der Waals surface area contributed by atoms with Crippen LogP contribution in [0.1, 0.15) is 16.1 Å². The van der Waals surface area contributed by atoms with Crippen LogP contribution < -0.4 is 5.32 Å². The number of carbonyl (C=O) groups excluding carboxylic acids is 1. The lowest BCUT2D eigenvalue weighted by molar-refractivity contribution is 0.102. The Labute approximate surface area is 142 Å². The van der Waals surface area contributed by atoms with Gasteiger partial charge in [-0.05, 0) is 29.8 Å². The number of halogens is 2. The van der Waals surface area contributed by atoms with Gasteiger partial charge in [0, 0.05) is 22.3 Å². The zero-order valence-electron chi connectivity index (χ0n) is 11.9. The minimum Gasteiger partial charge on any atom is -0.305 e. The lowest BCUT2D eigenvalue weighted by Gasteiger charge is -2.09. The van der Waals surface area contributed by atoms with E-state index in [0.29, 0.717) is 22.4 Å². The number of rotatable bonds is 4. The van der Waals surface area contributed by atoms with Crippen LogP contribution in [0.25, 0.3) is 0 Å². The van der Waals surface area contributed by atoms with E-state index >= 15 is 0 Å². The first-order valence-electron chi connectivity index (χ1n) is 6.81. The third-order valence-corrected chi connectivity index (χ3v) is 3.65. The molecule has 0 spiro atoms. The van der Waals surface area contributed by atoms with E-state index in [4.69, 9.17) is 23.2 Å². The topological polar surface area (TPSA) is 59.8 Å². The molecule has 0 aliphatic rings. The van der Waals surface area contributed by atoms with Crippen LogP contribution >= 0.6 is 23.2 Å². The van der Waals surface area contributed by atoms with E-state index in [9.17, 15) is 4.79 Å². The van der Waals surface area contributed by atoms with E-state index in [1.165, 1.54) is 12.3 Å². The number of hydrogen-bond acceptors (Lipinski definition) is 3. The van der Waals surface area contributed by atoms with Gasteiger partial charge in [0.05, 0.1) is 12.7 Å². The van der Waals surface area contributed by atoms with Gasteiger partial charge in [-0.25, -0.2) is 4.68 Å². The van der Waals surface area contributed by atoms with Gasteiger partial charge in [-0.2, -0.15) is 5.10 Å². The van der Waals surface area contributed by atoms with Crippen LogP contribution in [0.5, 0.6) is 0 Å². The molecule has 0 bridgehead atoms. The van der Waals surface area contributed by atoms with Crippen molar-refractivity contribution in [2.45, 2.75) is 6.54 Å². The molecule has 2 heterocycles. The molecular formula is C16H12Cl2N4O. The van der Waals surface area contributed by atoms with Gasteiger partial charge in [-0.1, -0.05) is 35.3 Å². The van der Waals surface area contributed by atoms with Crippen LogP contribution in [0.3, 0.4) is 0 Å². The first-order valence-corrected chi connectivity index (χ1v) is 7.56. The fourth-order valence-corrected chi connectivity index (χ4v) is 2.32. The zero-order chi connectivity index (χ0) is 16.2. The zero-order valence-corrected chi connectivity index (χ0v) is 13.4. The monoisotopic (exact) mass is 346 g/mol. The molecule has 1 N–H and O–H groups in total. The largest absolute Gasteiger partial charge is 0.305 e. The van der Waals surface area contributed by atoms with E-state index in [2.05, 4.69) is 15.4 Å². The minimum absolute atomic E-state index is 0.247. The lowest BCUT2D eigenvalue weighted by Crippen LogP contribution is -2.17. The Balaban J connectivity index is 1.75. The van der Waals surface area contributed by atoms with Crippen molar-refractivity contribution in [3.05, 3.63) is 76.2 Å². The quantitative estimate of drug-likeness (QED) is 0.779. The molecule has 0 fully saturated rings. The second-order valence-electron chi connectivity index (χ2n) is 4.81. The summed E-state index contributed by atoms with van der Waals surface area (Å²) in [6.45, 7) is 0.517. The first-order chi connectivity index (χ1) is 11.1. The molecule has 0 aliphatic carbocycles. The van der Waals surface area contributed by atoms with Crippen molar-refractivity contribution in [1.29, 1.82) is 0 Å². The number of benzene rings is 1. The predicted octanol–water partition coefficient (Wildman–Crippen LogP) is 3.89. The lowest BCUT2D eigenvalue weighted by atomic mass is 10.2. The molecule has 3 rings (SSSR count). The summed E-state index contributed by atoms with van der Waals surface area (Å²) in [5.41, 5.74) is 1.27. The maximum Gasteiger partial charge on any atom is 0.275 e. The Morgan fingerprint density at radius 2 is 1.83 bits per heavy atom. The maximum atomic E-state index is 12.2. The molecule has 23 heavy (non-hydrogen) atoms. The molecular weight excluding hydrogens is 335 g/mol. The fourth-order valence-electron chi connectivity index (χ4n) is 2.04. The SMILES string of the molecule is O=C(Nc1ccnn1Cc1ccc(Cl)cc1)c1cc(Cl)ccn1. The Hall–Kier alpha value is -2.37. The third kappa shape index (κ3) is 3.88. The van der Waals surface area contributed by atoms with Crippen LogP contribution in [0.4, 0.5) is 5.82 Å².